The van der Waals surface area contributed by atoms with Gasteiger partial charge in [-0.1, -0.05) is 27.5 Å². The van der Waals surface area contributed by atoms with E-state index in [0.717, 1.165) is 10.0 Å². The highest BCUT2D eigenvalue weighted by molar-refractivity contribution is 9.10. The van der Waals surface area contributed by atoms with E-state index in [-0.39, 0.29) is 5.97 Å². The Morgan fingerprint density at radius 3 is 2.65 bits per heavy atom. The minimum Gasteiger partial charge on any atom is -0.469 e. The second-order valence-electron chi connectivity index (χ2n) is 4.36. The maximum atomic E-state index is 11.7. The van der Waals surface area contributed by atoms with Gasteiger partial charge in [-0.2, -0.15) is 0 Å². The van der Waals surface area contributed by atoms with Gasteiger partial charge in [0.1, 0.15) is 0 Å². The summed E-state index contributed by atoms with van der Waals surface area (Å²) < 4.78 is 5.62. The smallest absolute Gasteiger partial charge is 0.313 e. The van der Waals surface area contributed by atoms with Crippen LogP contribution < -0.4 is 5.73 Å². The molecule has 0 aromatic heterocycles. The van der Waals surface area contributed by atoms with Crippen LogP contribution in [-0.4, -0.2) is 13.1 Å². The molecule has 17 heavy (non-hydrogen) atoms. The molecule has 1 rings (SSSR count). The fraction of sp³-hybridized carbons (Fsp3) is 0.417. The summed E-state index contributed by atoms with van der Waals surface area (Å²) in [5.74, 6) is -0.360. The summed E-state index contributed by atoms with van der Waals surface area (Å²) >= 11 is 9.45. The van der Waals surface area contributed by atoms with Crippen molar-refractivity contribution in [1.29, 1.82) is 0 Å². The normalized spacial score (nSPS) is 13.3. The van der Waals surface area contributed by atoms with Crippen molar-refractivity contribution in [3.05, 3.63) is 33.3 Å². The van der Waals surface area contributed by atoms with Crippen LogP contribution in [-0.2, 0) is 9.53 Å². The van der Waals surface area contributed by atoms with Gasteiger partial charge in [-0.05, 0) is 37.6 Å². The van der Waals surface area contributed by atoms with Gasteiger partial charge in [-0.3, -0.25) is 4.79 Å². The van der Waals surface area contributed by atoms with Crippen LogP contribution in [0.2, 0.25) is 5.02 Å². The van der Waals surface area contributed by atoms with Crippen molar-refractivity contribution in [2.24, 2.45) is 11.1 Å². The first-order valence-electron chi connectivity index (χ1n) is 5.09. The van der Waals surface area contributed by atoms with Crippen LogP contribution in [0.1, 0.15) is 25.5 Å². The van der Waals surface area contributed by atoms with Crippen molar-refractivity contribution < 1.29 is 9.53 Å². The van der Waals surface area contributed by atoms with Crippen molar-refractivity contribution in [2.45, 2.75) is 19.9 Å². The molecule has 0 unspecified atom stereocenters. The van der Waals surface area contributed by atoms with Crippen LogP contribution in [0.5, 0.6) is 0 Å². The van der Waals surface area contributed by atoms with E-state index in [2.05, 4.69) is 15.9 Å². The van der Waals surface area contributed by atoms with Crippen LogP contribution in [0.25, 0.3) is 0 Å². The van der Waals surface area contributed by atoms with E-state index in [1.54, 1.807) is 19.9 Å². The number of carbonyl (C=O) groups is 1. The van der Waals surface area contributed by atoms with Crippen LogP contribution in [0, 0.1) is 5.41 Å². The van der Waals surface area contributed by atoms with Gasteiger partial charge >= 0.3 is 5.97 Å². The van der Waals surface area contributed by atoms with Crippen LogP contribution in [0.4, 0.5) is 0 Å². The molecule has 1 aromatic carbocycles. The highest BCUT2D eigenvalue weighted by Gasteiger charge is 2.37. The zero-order chi connectivity index (χ0) is 13.2. The van der Waals surface area contributed by atoms with E-state index < -0.39 is 11.5 Å². The summed E-state index contributed by atoms with van der Waals surface area (Å²) in [6.07, 6.45) is 0. The molecule has 1 aromatic rings. The van der Waals surface area contributed by atoms with Gasteiger partial charge in [0.25, 0.3) is 0 Å². The van der Waals surface area contributed by atoms with Crippen molar-refractivity contribution in [1.82, 2.24) is 0 Å². The number of halogens is 2. The molecule has 3 nitrogen and oxygen atoms in total. The van der Waals surface area contributed by atoms with Gasteiger partial charge in [-0.15, -0.1) is 0 Å². The fourth-order valence-electron chi connectivity index (χ4n) is 1.53. The molecular weight excluding hydrogens is 305 g/mol. The van der Waals surface area contributed by atoms with E-state index in [1.165, 1.54) is 7.11 Å². The molecule has 0 heterocycles. The molecule has 0 radical (unpaired) electrons. The molecule has 94 valence electrons. The molecule has 0 aliphatic rings. The predicted molar refractivity (Wildman–Crippen MR) is 71.9 cm³/mol. The van der Waals surface area contributed by atoms with Gasteiger partial charge < -0.3 is 10.5 Å². The molecule has 0 aliphatic heterocycles. The minimum atomic E-state index is -0.834. The molecule has 0 spiro atoms. The Morgan fingerprint density at radius 1 is 1.53 bits per heavy atom. The number of hydrogen-bond donors (Lipinski definition) is 1. The number of esters is 1. The Bertz CT molecular complexity index is 435. The number of hydrogen-bond acceptors (Lipinski definition) is 3. The lowest BCUT2D eigenvalue weighted by atomic mass is 9.81. The quantitative estimate of drug-likeness (QED) is 0.869. The summed E-state index contributed by atoms with van der Waals surface area (Å²) in [6.45, 7) is 3.47. The average Bonchev–Trinajstić information content (AvgIpc) is 2.30. The lowest BCUT2D eigenvalue weighted by Crippen LogP contribution is -2.37. The lowest BCUT2D eigenvalue weighted by Gasteiger charge is -2.29. The molecule has 0 saturated carbocycles. The first kappa shape index (κ1) is 14.5. The zero-order valence-electron chi connectivity index (χ0n) is 9.96. The molecule has 0 saturated heterocycles. The van der Waals surface area contributed by atoms with Gasteiger partial charge in [-0.25, -0.2) is 0 Å². The summed E-state index contributed by atoms with van der Waals surface area (Å²) in [5, 5.41) is 0.540. The monoisotopic (exact) mass is 319 g/mol. The van der Waals surface area contributed by atoms with Gasteiger partial charge in [0.05, 0.1) is 12.5 Å². The Hall–Kier alpha value is -0.580. The summed E-state index contributed by atoms with van der Waals surface area (Å²) in [5.41, 5.74) is 6.00. The van der Waals surface area contributed by atoms with E-state index >= 15 is 0 Å². The number of carbonyl (C=O) groups excluding carboxylic acids is 1. The highest BCUT2D eigenvalue weighted by atomic mass is 79.9. The van der Waals surface area contributed by atoms with E-state index in [1.807, 2.05) is 12.1 Å². The summed E-state index contributed by atoms with van der Waals surface area (Å²) in [4.78, 5) is 11.7. The Morgan fingerprint density at radius 2 is 2.12 bits per heavy atom. The largest absolute Gasteiger partial charge is 0.469 e. The van der Waals surface area contributed by atoms with Gasteiger partial charge in [0.15, 0.2) is 0 Å². The topological polar surface area (TPSA) is 52.3 Å². The van der Waals surface area contributed by atoms with Crippen molar-refractivity contribution in [3.8, 4) is 0 Å². The molecular formula is C12H15BrClNO2. The number of methoxy groups -OCH3 is 1. The standard InChI is InChI=1S/C12H15BrClNO2/c1-12(2,11(16)17-3)10(15)8-6-7(13)4-5-9(8)14/h4-6,10H,15H2,1-3H3/t10-/m1/s1. The predicted octanol–water partition coefficient (Wildman–Crippen LogP) is 3.30. The number of rotatable bonds is 3. The fourth-order valence-corrected chi connectivity index (χ4v) is 2.15. The Balaban J connectivity index is 3.15. The molecule has 5 heteroatoms. The third kappa shape index (κ3) is 3.00. The van der Waals surface area contributed by atoms with Gasteiger partial charge in [0.2, 0.25) is 0 Å². The second-order valence-corrected chi connectivity index (χ2v) is 5.68. The summed E-state index contributed by atoms with van der Waals surface area (Å²) in [6, 6.07) is 4.86. The zero-order valence-corrected chi connectivity index (χ0v) is 12.3. The lowest BCUT2D eigenvalue weighted by molar-refractivity contribution is -0.152. The molecule has 1 atom stereocenters. The highest BCUT2D eigenvalue weighted by Crippen LogP contribution is 2.36. The van der Waals surface area contributed by atoms with Crippen molar-refractivity contribution >= 4 is 33.5 Å². The van der Waals surface area contributed by atoms with Crippen molar-refractivity contribution in [3.63, 3.8) is 0 Å². The number of ether oxygens (including phenoxy) is 1. The maximum absolute atomic E-state index is 11.7. The SMILES string of the molecule is COC(=O)C(C)(C)[C@H](N)c1cc(Br)ccc1Cl. The second kappa shape index (κ2) is 5.38. The summed E-state index contributed by atoms with van der Waals surface area (Å²) in [7, 11) is 1.35. The Kier molecular flexibility index (Phi) is 4.58. The van der Waals surface area contributed by atoms with Crippen LogP contribution >= 0.6 is 27.5 Å². The van der Waals surface area contributed by atoms with Crippen LogP contribution in [0.15, 0.2) is 22.7 Å². The first-order valence-corrected chi connectivity index (χ1v) is 6.26. The van der Waals surface area contributed by atoms with E-state index in [0.29, 0.717) is 5.02 Å². The molecule has 2 N–H and O–H groups in total. The van der Waals surface area contributed by atoms with Gasteiger partial charge in [0, 0.05) is 15.5 Å². The average molecular weight is 321 g/mol. The molecule has 0 bridgehead atoms. The third-order valence-electron chi connectivity index (χ3n) is 2.78. The Labute approximate surface area is 114 Å². The third-order valence-corrected chi connectivity index (χ3v) is 3.62. The van der Waals surface area contributed by atoms with Crippen LogP contribution in [0.3, 0.4) is 0 Å². The number of nitrogens with two attached hydrogens (primary N) is 1. The molecule has 0 fully saturated rings. The van der Waals surface area contributed by atoms with E-state index in [4.69, 9.17) is 22.1 Å². The number of benzene rings is 1. The maximum Gasteiger partial charge on any atom is 0.313 e. The molecule has 0 amide bonds. The minimum absolute atomic E-state index is 0.360. The molecule has 0 aliphatic carbocycles. The first-order chi connectivity index (χ1) is 7.80. The van der Waals surface area contributed by atoms with E-state index in [9.17, 15) is 4.79 Å². The van der Waals surface area contributed by atoms with Crippen molar-refractivity contribution in [2.75, 3.05) is 7.11 Å².